The van der Waals surface area contributed by atoms with Crippen molar-refractivity contribution in [1.29, 1.82) is 0 Å². The lowest BCUT2D eigenvalue weighted by Crippen LogP contribution is -2.25. The lowest BCUT2D eigenvalue weighted by Gasteiger charge is -2.10. The van der Waals surface area contributed by atoms with Crippen molar-refractivity contribution in [3.05, 3.63) is 63.6 Å². The van der Waals surface area contributed by atoms with Crippen LogP contribution >= 0.6 is 0 Å². The van der Waals surface area contributed by atoms with E-state index < -0.39 is 14.9 Å². The van der Waals surface area contributed by atoms with Crippen LogP contribution < -0.4 is 4.72 Å². The van der Waals surface area contributed by atoms with Crippen molar-refractivity contribution >= 4 is 21.4 Å². The summed E-state index contributed by atoms with van der Waals surface area (Å²) in [4.78, 5) is 10.3. The zero-order valence-electron chi connectivity index (χ0n) is 13.5. The summed E-state index contributed by atoms with van der Waals surface area (Å²) in [5.74, 6) is 0.416. The van der Waals surface area contributed by atoms with Crippen LogP contribution in [-0.2, 0) is 16.6 Å². The SMILES string of the molecule is Cc1cc([N+](=O)[O-])cc(S(=O)(=O)NCc2nnc3ccccn23)c1C. The molecule has 0 saturated heterocycles. The second kappa shape index (κ2) is 6.22. The number of hydrogen-bond acceptors (Lipinski definition) is 6. The molecule has 3 aromatic rings. The van der Waals surface area contributed by atoms with Gasteiger partial charge in [-0.15, -0.1) is 10.2 Å². The zero-order chi connectivity index (χ0) is 18.2. The van der Waals surface area contributed by atoms with Crippen LogP contribution in [0.4, 0.5) is 5.69 Å². The highest BCUT2D eigenvalue weighted by Gasteiger charge is 2.22. The lowest BCUT2D eigenvalue weighted by atomic mass is 10.1. The number of aromatic nitrogens is 3. The average molecular weight is 361 g/mol. The molecule has 10 heteroatoms. The molecule has 0 spiro atoms. The van der Waals surface area contributed by atoms with Gasteiger partial charge in [0.05, 0.1) is 16.4 Å². The molecule has 0 aliphatic rings. The zero-order valence-corrected chi connectivity index (χ0v) is 14.3. The third-order valence-electron chi connectivity index (χ3n) is 3.91. The number of aryl methyl sites for hydroxylation is 1. The first-order valence-corrected chi connectivity index (χ1v) is 8.82. The van der Waals surface area contributed by atoms with Crippen LogP contribution in [0.15, 0.2) is 41.4 Å². The number of nitro benzene ring substituents is 1. The number of non-ortho nitro benzene ring substituents is 1. The van der Waals surface area contributed by atoms with E-state index in [1.165, 1.54) is 6.07 Å². The van der Waals surface area contributed by atoms with E-state index in [0.29, 0.717) is 22.6 Å². The van der Waals surface area contributed by atoms with E-state index in [1.807, 2.05) is 0 Å². The fourth-order valence-electron chi connectivity index (χ4n) is 2.44. The lowest BCUT2D eigenvalue weighted by molar-refractivity contribution is -0.385. The van der Waals surface area contributed by atoms with Crippen molar-refractivity contribution < 1.29 is 13.3 Å². The van der Waals surface area contributed by atoms with Crippen LogP contribution in [-0.4, -0.2) is 27.9 Å². The summed E-state index contributed by atoms with van der Waals surface area (Å²) in [5.41, 5.74) is 1.32. The summed E-state index contributed by atoms with van der Waals surface area (Å²) in [7, 11) is -3.95. The molecule has 0 amide bonds. The van der Waals surface area contributed by atoms with Crippen molar-refractivity contribution in [1.82, 2.24) is 19.3 Å². The van der Waals surface area contributed by atoms with E-state index in [0.717, 1.165) is 6.07 Å². The standard InChI is InChI=1S/C15H15N5O4S/c1-10-7-12(20(21)22)8-13(11(10)2)25(23,24)16-9-15-18-17-14-5-3-4-6-19(14)15/h3-8,16H,9H2,1-2H3. The third kappa shape index (κ3) is 3.21. The van der Waals surface area contributed by atoms with Crippen LogP contribution in [0.2, 0.25) is 0 Å². The Bertz CT molecular complexity index is 1070. The number of rotatable bonds is 5. The Morgan fingerprint density at radius 1 is 1.24 bits per heavy atom. The molecule has 0 aliphatic carbocycles. The summed E-state index contributed by atoms with van der Waals surface area (Å²) in [6.07, 6.45) is 1.72. The molecular weight excluding hydrogens is 346 g/mol. The van der Waals surface area contributed by atoms with Gasteiger partial charge in [0.1, 0.15) is 0 Å². The van der Waals surface area contributed by atoms with Gasteiger partial charge in [0.2, 0.25) is 10.0 Å². The van der Waals surface area contributed by atoms with Crippen LogP contribution in [0.5, 0.6) is 0 Å². The molecule has 2 heterocycles. The van der Waals surface area contributed by atoms with Gasteiger partial charge >= 0.3 is 0 Å². The van der Waals surface area contributed by atoms with Gasteiger partial charge < -0.3 is 0 Å². The molecule has 1 aromatic carbocycles. The predicted molar refractivity (Wildman–Crippen MR) is 89.6 cm³/mol. The second-order valence-electron chi connectivity index (χ2n) is 5.51. The molecule has 9 nitrogen and oxygen atoms in total. The van der Waals surface area contributed by atoms with Crippen molar-refractivity contribution in [3.8, 4) is 0 Å². The van der Waals surface area contributed by atoms with Gasteiger partial charge in [-0.05, 0) is 37.1 Å². The second-order valence-corrected chi connectivity index (χ2v) is 7.25. The highest BCUT2D eigenvalue weighted by atomic mass is 32.2. The van der Waals surface area contributed by atoms with Gasteiger partial charge in [-0.25, -0.2) is 13.1 Å². The van der Waals surface area contributed by atoms with Crippen molar-refractivity contribution in [2.24, 2.45) is 0 Å². The first-order valence-electron chi connectivity index (χ1n) is 7.33. The Balaban J connectivity index is 1.93. The summed E-state index contributed by atoms with van der Waals surface area (Å²) < 4.78 is 29.3. The Labute approximate surface area is 143 Å². The third-order valence-corrected chi connectivity index (χ3v) is 5.44. The van der Waals surface area contributed by atoms with Gasteiger partial charge in [0.25, 0.3) is 5.69 Å². The number of fused-ring (bicyclic) bond motifs is 1. The largest absolute Gasteiger partial charge is 0.285 e. The molecule has 0 saturated carbocycles. The maximum Gasteiger partial charge on any atom is 0.271 e. The Hall–Kier alpha value is -2.85. The molecule has 1 N–H and O–H groups in total. The van der Waals surface area contributed by atoms with E-state index >= 15 is 0 Å². The summed E-state index contributed by atoms with van der Waals surface area (Å²) >= 11 is 0. The molecule has 0 aliphatic heterocycles. The van der Waals surface area contributed by atoms with Crippen LogP contribution in [0.3, 0.4) is 0 Å². The molecule has 130 valence electrons. The number of sulfonamides is 1. The van der Waals surface area contributed by atoms with Crippen LogP contribution in [0.1, 0.15) is 17.0 Å². The molecule has 25 heavy (non-hydrogen) atoms. The topological polar surface area (TPSA) is 120 Å². The molecule has 3 rings (SSSR count). The van der Waals surface area contributed by atoms with E-state index in [1.54, 1.807) is 42.6 Å². The van der Waals surface area contributed by atoms with Gasteiger partial charge in [-0.2, -0.15) is 0 Å². The fraction of sp³-hybridized carbons (Fsp3) is 0.200. The molecule has 0 fully saturated rings. The Kier molecular flexibility index (Phi) is 4.23. The Morgan fingerprint density at radius 2 is 2.00 bits per heavy atom. The summed E-state index contributed by atoms with van der Waals surface area (Å²) in [6.45, 7) is 3.15. The van der Waals surface area contributed by atoms with Crippen molar-refractivity contribution in [2.45, 2.75) is 25.3 Å². The Morgan fingerprint density at radius 3 is 2.72 bits per heavy atom. The first kappa shape index (κ1) is 17.0. The highest BCUT2D eigenvalue weighted by Crippen LogP contribution is 2.25. The number of nitrogens with zero attached hydrogens (tertiary/aromatic N) is 4. The minimum Gasteiger partial charge on any atom is -0.285 e. The van der Waals surface area contributed by atoms with Gasteiger partial charge in [0, 0.05) is 18.3 Å². The molecule has 0 atom stereocenters. The van der Waals surface area contributed by atoms with Crippen LogP contribution in [0.25, 0.3) is 5.65 Å². The maximum absolute atomic E-state index is 12.6. The predicted octanol–water partition coefficient (Wildman–Crippen LogP) is 1.73. The minimum atomic E-state index is -3.95. The molecule has 2 aromatic heterocycles. The number of nitrogens with one attached hydrogen (secondary N) is 1. The minimum absolute atomic E-state index is 0.0886. The van der Waals surface area contributed by atoms with E-state index in [2.05, 4.69) is 14.9 Å². The molecular formula is C15H15N5O4S. The van der Waals surface area contributed by atoms with E-state index in [-0.39, 0.29) is 17.1 Å². The van der Waals surface area contributed by atoms with Crippen molar-refractivity contribution in [3.63, 3.8) is 0 Å². The van der Waals surface area contributed by atoms with Gasteiger partial charge in [-0.3, -0.25) is 14.5 Å². The van der Waals surface area contributed by atoms with Crippen LogP contribution in [0, 0.1) is 24.0 Å². The van der Waals surface area contributed by atoms with E-state index in [9.17, 15) is 18.5 Å². The maximum atomic E-state index is 12.6. The number of nitro groups is 1. The number of hydrogen-bond donors (Lipinski definition) is 1. The highest BCUT2D eigenvalue weighted by molar-refractivity contribution is 7.89. The average Bonchev–Trinajstić information content (AvgIpc) is 2.98. The quantitative estimate of drug-likeness (QED) is 0.546. The van der Waals surface area contributed by atoms with Crippen molar-refractivity contribution in [2.75, 3.05) is 0 Å². The smallest absolute Gasteiger partial charge is 0.271 e. The molecule has 0 unspecified atom stereocenters. The summed E-state index contributed by atoms with van der Waals surface area (Å²) in [5, 5.41) is 18.9. The molecule has 0 bridgehead atoms. The normalized spacial score (nSPS) is 11.8. The fourth-order valence-corrected chi connectivity index (χ4v) is 3.76. The first-order chi connectivity index (χ1) is 11.8. The monoisotopic (exact) mass is 361 g/mol. The number of benzene rings is 1. The molecule has 0 radical (unpaired) electrons. The number of pyridine rings is 1. The van der Waals surface area contributed by atoms with Gasteiger partial charge in [0.15, 0.2) is 11.5 Å². The van der Waals surface area contributed by atoms with E-state index in [4.69, 9.17) is 0 Å². The summed E-state index contributed by atoms with van der Waals surface area (Å²) in [6, 6.07) is 7.74. The van der Waals surface area contributed by atoms with Gasteiger partial charge in [-0.1, -0.05) is 6.07 Å².